The van der Waals surface area contributed by atoms with Crippen LogP contribution in [0.4, 0.5) is 11.4 Å². The van der Waals surface area contributed by atoms with Gasteiger partial charge in [0.1, 0.15) is 0 Å². The van der Waals surface area contributed by atoms with Gasteiger partial charge in [0.15, 0.2) is 5.78 Å². The topological polar surface area (TPSA) is 49.4 Å². The lowest BCUT2D eigenvalue weighted by atomic mass is 10.1. The molecule has 112 valence electrons. The molecule has 3 rings (SSSR count). The zero-order chi connectivity index (χ0) is 15.5. The number of anilines is 2. The third kappa shape index (κ3) is 2.72. The molecule has 0 saturated carbocycles. The van der Waals surface area contributed by atoms with E-state index in [0.29, 0.717) is 17.8 Å². The second-order valence-corrected chi connectivity index (χ2v) is 5.38. The minimum atomic E-state index is -0.0120. The summed E-state index contributed by atoms with van der Waals surface area (Å²) in [4.78, 5) is 25.8. The van der Waals surface area contributed by atoms with Crippen LogP contribution in [-0.2, 0) is 11.2 Å². The molecule has 0 aliphatic carbocycles. The van der Waals surface area contributed by atoms with E-state index in [1.165, 1.54) is 12.5 Å². The fraction of sp³-hybridized carbons (Fsp3) is 0.222. The molecule has 0 radical (unpaired) electrons. The van der Waals surface area contributed by atoms with Gasteiger partial charge in [-0.1, -0.05) is 30.3 Å². The number of carbonyl (C=O) groups excluding carboxylic acids is 2. The molecule has 1 heterocycles. The first kappa shape index (κ1) is 14.3. The number of hydrogen-bond acceptors (Lipinski definition) is 3. The summed E-state index contributed by atoms with van der Waals surface area (Å²) in [5.41, 5.74) is 3.52. The average molecular weight is 294 g/mol. The van der Waals surface area contributed by atoms with Gasteiger partial charge in [0.2, 0.25) is 5.91 Å². The summed E-state index contributed by atoms with van der Waals surface area (Å²) in [6.45, 7) is 2.42. The highest BCUT2D eigenvalue weighted by Gasteiger charge is 2.23. The molecule has 0 bridgehead atoms. The molecule has 0 unspecified atom stereocenters. The van der Waals surface area contributed by atoms with Gasteiger partial charge in [-0.15, -0.1) is 0 Å². The van der Waals surface area contributed by atoms with Crippen LogP contribution in [0.15, 0.2) is 48.5 Å². The molecule has 0 saturated heterocycles. The highest BCUT2D eigenvalue weighted by Crippen LogP contribution is 2.27. The minimum Gasteiger partial charge on any atom is -0.376 e. The first-order valence-electron chi connectivity index (χ1n) is 7.39. The highest BCUT2D eigenvalue weighted by atomic mass is 16.2. The molecule has 0 fully saturated rings. The van der Waals surface area contributed by atoms with Crippen LogP contribution in [0, 0.1) is 0 Å². The summed E-state index contributed by atoms with van der Waals surface area (Å²) in [5.74, 6) is 0.00497. The van der Waals surface area contributed by atoms with Gasteiger partial charge in [-0.25, -0.2) is 0 Å². The number of rotatable bonds is 4. The van der Waals surface area contributed by atoms with Crippen LogP contribution in [0.25, 0.3) is 0 Å². The Hall–Kier alpha value is -2.62. The first-order valence-corrected chi connectivity index (χ1v) is 7.39. The molecule has 22 heavy (non-hydrogen) atoms. The summed E-state index contributed by atoms with van der Waals surface area (Å²) < 4.78 is 0. The van der Waals surface area contributed by atoms with Crippen LogP contribution in [0.2, 0.25) is 0 Å². The molecule has 1 aliphatic heterocycles. The van der Waals surface area contributed by atoms with Crippen LogP contribution < -0.4 is 10.2 Å². The van der Waals surface area contributed by atoms with Gasteiger partial charge in [-0.2, -0.15) is 0 Å². The van der Waals surface area contributed by atoms with E-state index >= 15 is 0 Å². The highest BCUT2D eigenvalue weighted by molar-refractivity contribution is 6.01. The van der Waals surface area contributed by atoms with Crippen molar-refractivity contribution in [2.45, 2.75) is 13.3 Å². The maximum atomic E-state index is 12.4. The van der Waals surface area contributed by atoms with Gasteiger partial charge in [0, 0.05) is 23.5 Å². The van der Waals surface area contributed by atoms with Gasteiger partial charge >= 0.3 is 0 Å². The zero-order valence-electron chi connectivity index (χ0n) is 12.5. The van der Waals surface area contributed by atoms with E-state index in [0.717, 1.165) is 12.1 Å². The number of nitrogens with zero attached hydrogens (tertiary/aromatic N) is 1. The second-order valence-electron chi connectivity index (χ2n) is 5.38. The minimum absolute atomic E-state index is 0.0120. The predicted molar refractivity (Wildman–Crippen MR) is 87.4 cm³/mol. The number of Topliss-reactive ketones (excluding diaryl/α,β-unsaturated/α-hetero) is 1. The van der Waals surface area contributed by atoms with Crippen molar-refractivity contribution >= 4 is 23.1 Å². The molecule has 1 aliphatic rings. The molecule has 0 atom stereocenters. The summed E-state index contributed by atoms with van der Waals surface area (Å²) in [5, 5.41) is 3.09. The van der Waals surface area contributed by atoms with Crippen molar-refractivity contribution in [2.75, 3.05) is 23.3 Å². The number of hydrogen-bond donors (Lipinski definition) is 1. The summed E-state index contributed by atoms with van der Waals surface area (Å²) in [7, 11) is 0. The molecular weight excluding hydrogens is 276 g/mol. The molecule has 0 aromatic heterocycles. The summed E-state index contributed by atoms with van der Waals surface area (Å²) >= 11 is 0. The molecule has 0 spiro atoms. The van der Waals surface area contributed by atoms with Crippen LogP contribution >= 0.6 is 0 Å². The Morgan fingerprint density at radius 2 is 1.82 bits per heavy atom. The van der Waals surface area contributed by atoms with Crippen molar-refractivity contribution in [3.05, 3.63) is 59.7 Å². The van der Waals surface area contributed by atoms with E-state index in [9.17, 15) is 9.59 Å². The normalized spacial score (nSPS) is 12.9. The van der Waals surface area contributed by atoms with Crippen LogP contribution in [0.1, 0.15) is 22.8 Å². The fourth-order valence-electron chi connectivity index (χ4n) is 2.81. The lowest BCUT2D eigenvalue weighted by Gasteiger charge is -2.18. The van der Waals surface area contributed by atoms with Crippen LogP contribution in [0.3, 0.4) is 0 Å². The van der Waals surface area contributed by atoms with Gasteiger partial charge in [0.25, 0.3) is 0 Å². The van der Waals surface area contributed by atoms with E-state index in [-0.39, 0.29) is 18.2 Å². The number of benzene rings is 2. The monoisotopic (exact) mass is 294 g/mol. The van der Waals surface area contributed by atoms with E-state index in [2.05, 4.69) is 11.4 Å². The maximum Gasteiger partial charge on any atom is 0.246 e. The third-order valence-corrected chi connectivity index (χ3v) is 3.92. The Bertz CT molecular complexity index is 725. The molecular formula is C18H18N2O2. The quantitative estimate of drug-likeness (QED) is 0.882. The van der Waals surface area contributed by atoms with E-state index in [4.69, 9.17) is 0 Å². The predicted octanol–water partition coefficient (Wildman–Crippen LogP) is 2.89. The Morgan fingerprint density at radius 1 is 1.09 bits per heavy atom. The molecule has 4 nitrogen and oxygen atoms in total. The van der Waals surface area contributed by atoms with Gasteiger partial charge in [-0.3, -0.25) is 9.59 Å². The van der Waals surface area contributed by atoms with E-state index < -0.39 is 0 Å². The summed E-state index contributed by atoms with van der Waals surface area (Å²) in [6, 6.07) is 15.2. The molecule has 1 amide bonds. The van der Waals surface area contributed by atoms with E-state index in [1.54, 1.807) is 11.0 Å². The van der Waals surface area contributed by atoms with Gasteiger partial charge in [-0.05, 0) is 37.1 Å². The smallest absolute Gasteiger partial charge is 0.246 e. The standard InChI is InChI=1S/C18H18N2O2/c1-13(21)15-7-3-4-8-16(15)19-12-18(22)20-11-10-14-6-2-5-9-17(14)20/h2-9,19H,10-12H2,1H3. The lowest BCUT2D eigenvalue weighted by molar-refractivity contribution is -0.116. The molecule has 4 heteroatoms. The lowest BCUT2D eigenvalue weighted by Crippen LogP contribution is -2.34. The summed E-state index contributed by atoms with van der Waals surface area (Å²) in [6.07, 6.45) is 0.895. The number of amides is 1. The average Bonchev–Trinajstić information content (AvgIpc) is 2.97. The maximum absolute atomic E-state index is 12.4. The number of fused-ring (bicyclic) bond motifs is 1. The third-order valence-electron chi connectivity index (χ3n) is 3.92. The van der Waals surface area contributed by atoms with E-state index in [1.807, 2.05) is 36.4 Å². The fourth-order valence-corrected chi connectivity index (χ4v) is 2.81. The zero-order valence-corrected chi connectivity index (χ0v) is 12.5. The Morgan fingerprint density at radius 3 is 2.64 bits per heavy atom. The van der Waals surface area contributed by atoms with Gasteiger partial charge in [0.05, 0.1) is 6.54 Å². The van der Waals surface area contributed by atoms with Crippen molar-refractivity contribution in [2.24, 2.45) is 0 Å². The Kier molecular flexibility index (Phi) is 3.92. The molecule has 1 N–H and O–H groups in total. The first-order chi connectivity index (χ1) is 10.7. The molecule has 2 aromatic carbocycles. The Labute approximate surface area is 129 Å². The van der Waals surface area contributed by atoms with Crippen LogP contribution in [0.5, 0.6) is 0 Å². The van der Waals surface area contributed by atoms with Crippen molar-refractivity contribution in [3.63, 3.8) is 0 Å². The SMILES string of the molecule is CC(=O)c1ccccc1NCC(=O)N1CCc2ccccc21. The number of para-hydroxylation sites is 2. The van der Waals surface area contributed by atoms with Crippen molar-refractivity contribution in [1.29, 1.82) is 0 Å². The van der Waals surface area contributed by atoms with Gasteiger partial charge < -0.3 is 10.2 Å². The number of ketones is 1. The largest absolute Gasteiger partial charge is 0.376 e. The molecule has 2 aromatic rings. The van der Waals surface area contributed by atoms with Crippen molar-refractivity contribution in [1.82, 2.24) is 0 Å². The van der Waals surface area contributed by atoms with Crippen molar-refractivity contribution < 1.29 is 9.59 Å². The van der Waals surface area contributed by atoms with Crippen molar-refractivity contribution in [3.8, 4) is 0 Å². The number of nitrogens with one attached hydrogen (secondary N) is 1. The Balaban J connectivity index is 1.71. The number of carbonyl (C=O) groups is 2. The second kappa shape index (κ2) is 6.02. The van der Waals surface area contributed by atoms with Crippen LogP contribution in [-0.4, -0.2) is 24.8 Å².